The van der Waals surface area contributed by atoms with E-state index in [2.05, 4.69) is 9.97 Å². The Morgan fingerprint density at radius 1 is 1.29 bits per heavy atom. The normalized spacial score (nSPS) is 25.5. The number of halogens is 3. The molecule has 2 heterocycles. The summed E-state index contributed by atoms with van der Waals surface area (Å²) in [4.78, 5) is 9.30. The molecule has 0 spiro atoms. The first-order valence-corrected chi connectivity index (χ1v) is 6.30. The minimum Gasteiger partial charge on any atom is -0.356 e. The number of alkyl halides is 3. The molecule has 21 heavy (non-hydrogen) atoms. The van der Waals surface area contributed by atoms with Crippen LogP contribution in [0.25, 0.3) is 0 Å². The fourth-order valence-electron chi connectivity index (χ4n) is 2.43. The molecule has 5 nitrogen and oxygen atoms in total. The fourth-order valence-corrected chi connectivity index (χ4v) is 2.43. The highest BCUT2D eigenvalue weighted by Crippen LogP contribution is 2.41. The smallest absolute Gasteiger partial charge is 0.356 e. The molecule has 1 saturated heterocycles. The molecule has 0 unspecified atom stereocenters. The van der Waals surface area contributed by atoms with Crippen molar-refractivity contribution in [2.24, 2.45) is 0 Å². The molecule has 0 N–H and O–H groups in total. The van der Waals surface area contributed by atoms with E-state index in [0.29, 0.717) is 0 Å². The molecule has 0 saturated carbocycles. The minimum atomic E-state index is -4.51. The van der Waals surface area contributed by atoms with Crippen molar-refractivity contribution in [2.45, 2.75) is 38.1 Å². The Morgan fingerprint density at radius 3 is 2.52 bits per heavy atom. The molecule has 1 aromatic rings. The molecule has 1 aromatic heterocycles. The third-order valence-electron chi connectivity index (χ3n) is 3.23. The highest BCUT2D eigenvalue weighted by atomic mass is 19.4. The molecule has 0 radical (unpaired) electrons. The Labute approximate surface area is 120 Å². The quantitative estimate of drug-likeness (QED) is 0.796. The first-order chi connectivity index (χ1) is 9.56. The molecule has 2 rings (SSSR count). The SMILES string of the molecule is CC1(C)CN(c2cncc(C#N)n2)C[C@](C)(C(F)(F)F)O1. The summed E-state index contributed by atoms with van der Waals surface area (Å²) in [5, 5.41) is 8.82. The van der Waals surface area contributed by atoms with Gasteiger partial charge in [0.15, 0.2) is 11.3 Å². The van der Waals surface area contributed by atoms with E-state index in [1.54, 1.807) is 13.8 Å². The summed E-state index contributed by atoms with van der Waals surface area (Å²) in [6.45, 7) is 4.02. The van der Waals surface area contributed by atoms with Gasteiger partial charge in [0.2, 0.25) is 0 Å². The van der Waals surface area contributed by atoms with Gasteiger partial charge in [-0.2, -0.15) is 18.4 Å². The van der Waals surface area contributed by atoms with Crippen molar-refractivity contribution in [3.8, 4) is 6.07 Å². The lowest BCUT2D eigenvalue weighted by molar-refractivity contribution is -0.302. The summed E-state index contributed by atoms with van der Waals surface area (Å²) in [6.07, 6.45) is -1.90. The number of nitriles is 1. The molecule has 0 aromatic carbocycles. The number of rotatable bonds is 1. The zero-order valence-electron chi connectivity index (χ0n) is 11.9. The average molecular weight is 300 g/mol. The van der Waals surface area contributed by atoms with Crippen molar-refractivity contribution in [2.75, 3.05) is 18.0 Å². The Morgan fingerprint density at radius 2 is 1.95 bits per heavy atom. The van der Waals surface area contributed by atoms with Crippen molar-refractivity contribution < 1.29 is 17.9 Å². The van der Waals surface area contributed by atoms with E-state index >= 15 is 0 Å². The number of aromatic nitrogens is 2. The summed E-state index contributed by atoms with van der Waals surface area (Å²) in [5.74, 6) is 0.237. The highest BCUT2D eigenvalue weighted by molar-refractivity contribution is 5.40. The highest BCUT2D eigenvalue weighted by Gasteiger charge is 2.58. The van der Waals surface area contributed by atoms with Crippen molar-refractivity contribution in [1.82, 2.24) is 9.97 Å². The molecule has 1 aliphatic rings. The molecule has 0 aliphatic carbocycles. The molecular weight excluding hydrogens is 285 g/mol. The van der Waals surface area contributed by atoms with E-state index in [1.807, 2.05) is 6.07 Å². The van der Waals surface area contributed by atoms with Crippen LogP contribution in [0.2, 0.25) is 0 Å². The van der Waals surface area contributed by atoms with Gasteiger partial charge in [-0.15, -0.1) is 0 Å². The Hall–Kier alpha value is -1.88. The summed E-state index contributed by atoms with van der Waals surface area (Å²) in [5.41, 5.74) is -3.25. The molecule has 0 bridgehead atoms. The summed E-state index contributed by atoms with van der Waals surface area (Å²) in [7, 11) is 0. The first kappa shape index (κ1) is 15.5. The third kappa shape index (κ3) is 3.08. The molecule has 0 amide bonds. The molecule has 114 valence electrons. The lowest BCUT2D eigenvalue weighted by Crippen LogP contribution is -2.64. The lowest BCUT2D eigenvalue weighted by atomic mass is 9.97. The predicted octanol–water partition coefficient (Wildman–Crippen LogP) is 2.28. The maximum Gasteiger partial charge on any atom is 0.418 e. The molecule has 8 heteroatoms. The van der Waals surface area contributed by atoms with Crippen LogP contribution in [0.15, 0.2) is 12.4 Å². The van der Waals surface area contributed by atoms with Crippen LogP contribution in [0.3, 0.4) is 0 Å². The summed E-state index contributed by atoms with van der Waals surface area (Å²) < 4.78 is 45.0. The van der Waals surface area contributed by atoms with Crippen molar-refractivity contribution in [3.05, 3.63) is 18.1 Å². The van der Waals surface area contributed by atoms with E-state index in [0.717, 1.165) is 6.92 Å². The van der Waals surface area contributed by atoms with Gasteiger partial charge in [0, 0.05) is 6.54 Å². The fraction of sp³-hybridized carbons (Fsp3) is 0.615. The zero-order valence-corrected chi connectivity index (χ0v) is 11.9. The van der Waals surface area contributed by atoms with Crippen LogP contribution in [0.1, 0.15) is 26.5 Å². The van der Waals surface area contributed by atoms with E-state index in [9.17, 15) is 13.2 Å². The van der Waals surface area contributed by atoms with E-state index in [1.165, 1.54) is 17.3 Å². The summed E-state index contributed by atoms with van der Waals surface area (Å²) >= 11 is 0. The zero-order chi connectivity index (χ0) is 15.9. The summed E-state index contributed by atoms with van der Waals surface area (Å²) in [6, 6.07) is 1.82. The standard InChI is InChI=1S/C13H15F3N4O/c1-11(2)7-20(8-12(3,21-11)13(14,15)16)10-6-18-5-9(4-17)19-10/h5-6H,7-8H2,1-3H3/t12-/m1/s1. The number of hydrogen-bond acceptors (Lipinski definition) is 5. The van der Waals surface area contributed by atoms with Gasteiger partial charge in [-0.05, 0) is 20.8 Å². The average Bonchev–Trinajstić information content (AvgIpc) is 2.35. The van der Waals surface area contributed by atoms with Crippen LogP contribution < -0.4 is 4.90 Å². The molecule has 1 aliphatic heterocycles. The van der Waals surface area contributed by atoms with Crippen LogP contribution in [-0.4, -0.2) is 40.4 Å². The lowest BCUT2D eigenvalue weighted by Gasteiger charge is -2.49. The Balaban J connectivity index is 2.38. The van der Waals surface area contributed by atoms with E-state index < -0.39 is 23.9 Å². The van der Waals surface area contributed by atoms with Crippen molar-refractivity contribution in [3.63, 3.8) is 0 Å². The number of anilines is 1. The molecule has 1 fully saturated rings. The Bertz CT molecular complexity index is 582. The topological polar surface area (TPSA) is 62.0 Å². The number of morpholine rings is 1. The minimum absolute atomic E-state index is 0.0607. The monoisotopic (exact) mass is 300 g/mol. The van der Waals surface area contributed by atoms with Gasteiger partial charge >= 0.3 is 6.18 Å². The van der Waals surface area contributed by atoms with Gasteiger partial charge in [0.1, 0.15) is 11.9 Å². The number of ether oxygens (including phenoxy) is 1. The maximum atomic E-state index is 13.3. The number of nitrogens with zero attached hydrogens (tertiary/aromatic N) is 4. The first-order valence-electron chi connectivity index (χ1n) is 6.30. The second-order valence-electron chi connectivity index (χ2n) is 5.82. The van der Waals surface area contributed by atoms with Crippen molar-refractivity contribution in [1.29, 1.82) is 5.26 Å². The largest absolute Gasteiger partial charge is 0.418 e. The second-order valence-corrected chi connectivity index (χ2v) is 5.82. The predicted molar refractivity (Wildman–Crippen MR) is 68.6 cm³/mol. The van der Waals surface area contributed by atoms with Crippen LogP contribution in [0.4, 0.5) is 19.0 Å². The van der Waals surface area contributed by atoms with Crippen LogP contribution in [-0.2, 0) is 4.74 Å². The van der Waals surface area contributed by atoms with Crippen LogP contribution in [0.5, 0.6) is 0 Å². The van der Waals surface area contributed by atoms with Gasteiger partial charge in [0.25, 0.3) is 0 Å². The van der Waals surface area contributed by atoms with Crippen molar-refractivity contribution >= 4 is 5.82 Å². The van der Waals surface area contributed by atoms with E-state index in [4.69, 9.17) is 10.00 Å². The van der Waals surface area contributed by atoms with Crippen LogP contribution in [0, 0.1) is 11.3 Å². The Kier molecular flexibility index (Phi) is 3.58. The number of hydrogen-bond donors (Lipinski definition) is 0. The maximum absolute atomic E-state index is 13.3. The van der Waals surface area contributed by atoms with Gasteiger partial charge in [-0.25, -0.2) is 4.98 Å². The van der Waals surface area contributed by atoms with Gasteiger partial charge in [0.05, 0.1) is 24.5 Å². The third-order valence-corrected chi connectivity index (χ3v) is 3.23. The van der Waals surface area contributed by atoms with E-state index in [-0.39, 0.29) is 18.1 Å². The van der Waals surface area contributed by atoms with Gasteiger partial charge in [-0.1, -0.05) is 0 Å². The molecular formula is C13H15F3N4O. The van der Waals surface area contributed by atoms with Gasteiger partial charge < -0.3 is 9.64 Å². The van der Waals surface area contributed by atoms with Crippen LogP contribution >= 0.6 is 0 Å². The van der Waals surface area contributed by atoms with Gasteiger partial charge in [-0.3, -0.25) is 4.98 Å². The molecule has 1 atom stereocenters. The second kappa shape index (κ2) is 4.84.